The molecule has 112 valence electrons. The number of carbonyl (C=O) groups excluding carboxylic acids is 1. The first kappa shape index (κ1) is 14.2. The summed E-state index contributed by atoms with van der Waals surface area (Å²) in [6.07, 6.45) is 0. The molecule has 0 saturated carbocycles. The number of rotatable bonds is 5. The molecule has 3 rings (SSSR count). The Balaban J connectivity index is 1.54. The molecule has 0 radical (unpaired) electrons. The van der Waals surface area contributed by atoms with Crippen LogP contribution in [-0.4, -0.2) is 22.7 Å². The van der Waals surface area contributed by atoms with Gasteiger partial charge in [-0.2, -0.15) is 11.3 Å². The van der Waals surface area contributed by atoms with Crippen LogP contribution in [0.15, 0.2) is 45.5 Å². The lowest BCUT2D eigenvalue weighted by Crippen LogP contribution is -2.20. The van der Waals surface area contributed by atoms with Gasteiger partial charge in [0.2, 0.25) is 0 Å². The van der Waals surface area contributed by atoms with Gasteiger partial charge in [-0.05, 0) is 35.7 Å². The number of benzene rings is 1. The number of nitrogens with zero attached hydrogens (tertiary/aromatic N) is 2. The Morgan fingerprint density at radius 3 is 2.82 bits per heavy atom. The van der Waals surface area contributed by atoms with E-state index in [0.29, 0.717) is 11.6 Å². The second-order valence-electron chi connectivity index (χ2n) is 4.22. The minimum atomic E-state index is -0.454. The van der Waals surface area contributed by atoms with Crippen molar-refractivity contribution in [3.63, 3.8) is 0 Å². The predicted octanol–water partition coefficient (Wildman–Crippen LogP) is 2.95. The van der Waals surface area contributed by atoms with Gasteiger partial charge in [0.1, 0.15) is 11.6 Å². The zero-order valence-electron chi connectivity index (χ0n) is 11.2. The van der Waals surface area contributed by atoms with Crippen LogP contribution < -0.4 is 10.1 Å². The van der Waals surface area contributed by atoms with Gasteiger partial charge in [-0.15, -0.1) is 5.10 Å². The fourth-order valence-corrected chi connectivity index (χ4v) is 2.24. The smallest absolute Gasteiger partial charge is 0.322 e. The number of halogens is 1. The highest BCUT2D eigenvalue weighted by Crippen LogP contribution is 2.22. The molecule has 0 aliphatic rings. The molecule has 0 atom stereocenters. The van der Waals surface area contributed by atoms with Crippen LogP contribution in [0.3, 0.4) is 0 Å². The number of aromatic nitrogens is 2. The van der Waals surface area contributed by atoms with E-state index in [1.54, 1.807) is 0 Å². The first-order chi connectivity index (χ1) is 10.7. The van der Waals surface area contributed by atoms with E-state index in [0.717, 1.165) is 5.56 Å². The minimum absolute atomic E-state index is 0.00564. The van der Waals surface area contributed by atoms with Gasteiger partial charge in [0, 0.05) is 10.9 Å². The van der Waals surface area contributed by atoms with Crippen LogP contribution in [0.4, 0.5) is 10.4 Å². The summed E-state index contributed by atoms with van der Waals surface area (Å²) >= 11 is 1.50. The summed E-state index contributed by atoms with van der Waals surface area (Å²) in [5.41, 5.74) is 0.792. The predicted molar refractivity (Wildman–Crippen MR) is 78.1 cm³/mol. The highest BCUT2D eigenvalue weighted by Gasteiger charge is 2.12. The van der Waals surface area contributed by atoms with Crippen molar-refractivity contribution in [3.05, 3.63) is 46.9 Å². The maximum Gasteiger partial charge on any atom is 0.322 e. The topological polar surface area (TPSA) is 77.2 Å². The Labute approximate surface area is 128 Å². The Kier molecular flexibility index (Phi) is 4.10. The number of nitrogens with one attached hydrogen (secondary N) is 1. The summed E-state index contributed by atoms with van der Waals surface area (Å²) in [5, 5.41) is 13.7. The molecular formula is C14H10FN3O3S. The number of ether oxygens (including phenoxy) is 1. The lowest BCUT2D eigenvalue weighted by molar-refractivity contribution is -0.118. The zero-order valence-corrected chi connectivity index (χ0v) is 12.0. The van der Waals surface area contributed by atoms with Crippen molar-refractivity contribution in [2.45, 2.75) is 0 Å². The molecule has 6 nitrogen and oxygen atoms in total. The molecule has 3 aromatic rings. The maximum atomic E-state index is 12.7. The van der Waals surface area contributed by atoms with Crippen molar-refractivity contribution in [3.8, 4) is 17.2 Å². The fourth-order valence-electron chi connectivity index (χ4n) is 1.61. The highest BCUT2D eigenvalue weighted by molar-refractivity contribution is 7.08. The molecule has 8 heteroatoms. The van der Waals surface area contributed by atoms with Crippen LogP contribution >= 0.6 is 11.3 Å². The number of thiophene rings is 1. The highest BCUT2D eigenvalue weighted by atomic mass is 32.1. The molecule has 0 saturated heterocycles. The SMILES string of the molecule is O=C(COc1ccc(F)cc1)Nc1nnc(-c2ccsc2)o1. The third-order valence-corrected chi connectivity index (χ3v) is 3.31. The van der Waals surface area contributed by atoms with E-state index in [2.05, 4.69) is 15.5 Å². The van der Waals surface area contributed by atoms with Crippen molar-refractivity contribution in [1.29, 1.82) is 0 Å². The van der Waals surface area contributed by atoms with Gasteiger partial charge < -0.3 is 9.15 Å². The van der Waals surface area contributed by atoms with Crippen LogP contribution in [0.25, 0.3) is 11.5 Å². The van der Waals surface area contributed by atoms with Gasteiger partial charge in [-0.3, -0.25) is 10.1 Å². The van der Waals surface area contributed by atoms with Gasteiger partial charge in [-0.1, -0.05) is 5.10 Å². The largest absolute Gasteiger partial charge is 0.484 e. The van der Waals surface area contributed by atoms with Crippen LogP contribution in [-0.2, 0) is 4.79 Å². The van der Waals surface area contributed by atoms with E-state index in [4.69, 9.17) is 9.15 Å². The van der Waals surface area contributed by atoms with E-state index in [1.807, 2.05) is 16.8 Å². The fraction of sp³-hybridized carbons (Fsp3) is 0.0714. The van der Waals surface area contributed by atoms with E-state index < -0.39 is 5.91 Å². The van der Waals surface area contributed by atoms with E-state index in [9.17, 15) is 9.18 Å². The van der Waals surface area contributed by atoms with Crippen molar-refractivity contribution >= 4 is 23.3 Å². The lowest BCUT2D eigenvalue weighted by Gasteiger charge is -2.04. The summed E-state index contributed by atoms with van der Waals surface area (Å²) < 4.78 is 23.3. The summed E-state index contributed by atoms with van der Waals surface area (Å²) in [6, 6.07) is 7.19. The van der Waals surface area contributed by atoms with Gasteiger partial charge in [0.15, 0.2) is 6.61 Å². The molecule has 0 spiro atoms. The molecule has 0 fully saturated rings. The van der Waals surface area contributed by atoms with E-state index in [-0.39, 0.29) is 18.4 Å². The monoisotopic (exact) mass is 319 g/mol. The Bertz CT molecular complexity index is 756. The first-order valence-electron chi connectivity index (χ1n) is 6.25. The molecule has 0 aliphatic carbocycles. The number of amides is 1. The number of anilines is 1. The molecule has 0 aliphatic heterocycles. The number of hydrogen-bond donors (Lipinski definition) is 1. The molecule has 1 amide bonds. The van der Waals surface area contributed by atoms with Crippen LogP contribution in [0.5, 0.6) is 5.75 Å². The zero-order chi connectivity index (χ0) is 15.4. The maximum absolute atomic E-state index is 12.7. The Hall–Kier alpha value is -2.74. The van der Waals surface area contributed by atoms with Gasteiger partial charge >= 0.3 is 6.01 Å². The third kappa shape index (κ3) is 3.47. The minimum Gasteiger partial charge on any atom is -0.484 e. The molecule has 0 bridgehead atoms. The summed E-state index contributed by atoms with van der Waals surface area (Å²) in [5.74, 6) is -0.106. The molecular weight excluding hydrogens is 309 g/mol. The molecule has 1 N–H and O–H groups in total. The van der Waals surface area contributed by atoms with Gasteiger partial charge in [0.25, 0.3) is 11.8 Å². The van der Waals surface area contributed by atoms with Crippen LogP contribution in [0.1, 0.15) is 0 Å². The molecule has 2 heterocycles. The molecule has 22 heavy (non-hydrogen) atoms. The van der Waals surface area contributed by atoms with Crippen molar-refractivity contribution in [1.82, 2.24) is 10.2 Å². The first-order valence-corrected chi connectivity index (χ1v) is 7.19. The average molecular weight is 319 g/mol. The second-order valence-corrected chi connectivity index (χ2v) is 5.00. The average Bonchev–Trinajstić information content (AvgIpc) is 3.17. The van der Waals surface area contributed by atoms with Crippen molar-refractivity contribution < 1.29 is 18.3 Å². The van der Waals surface area contributed by atoms with Crippen molar-refractivity contribution in [2.24, 2.45) is 0 Å². The van der Waals surface area contributed by atoms with Crippen molar-refractivity contribution in [2.75, 3.05) is 11.9 Å². The second kappa shape index (κ2) is 6.35. The lowest BCUT2D eigenvalue weighted by atomic mass is 10.3. The van der Waals surface area contributed by atoms with E-state index >= 15 is 0 Å². The van der Waals surface area contributed by atoms with Crippen LogP contribution in [0, 0.1) is 5.82 Å². The number of carbonyl (C=O) groups is 1. The third-order valence-electron chi connectivity index (χ3n) is 2.62. The quantitative estimate of drug-likeness (QED) is 0.782. The van der Waals surface area contributed by atoms with Gasteiger partial charge in [-0.25, -0.2) is 4.39 Å². The Morgan fingerprint density at radius 1 is 1.27 bits per heavy atom. The standard InChI is InChI=1S/C14H10FN3O3S/c15-10-1-3-11(4-2-10)20-7-12(19)16-14-18-17-13(21-14)9-5-6-22-8-9/h1-6,8H,7H2,(H,16,18,19). The summed E-state index contributed by atoms with van der Waals surface area (Å²) in [6.45, 7) is -0.248. The summed E-state index contributed by atoms with van der Waals surface area (Å²) in [4.78, 5) is 11.7. The van der Waals surface area contributed by atoms with E-state index in [1.165, 1.54) is 35.6 Å². The molecule has 2 aromatic heterocycles. The number of hydrogen-bond acceptors (Lipinski definition) is 6. The molecule has 0 unspecified atom stereocenters. The van der Waals surface area contributed by atoms with Gasteiger partial charge in [0.05, 0.1) is 0 Å². The van der Waals surface area contributed by atoms with Crippen LogP contribution in [0.2, 0.25) is 0 Å². The Morgan fingerprint density at radius 2 is 2.09 bits per heavy atom. The summed E-state index contributed by atoms with van der Waals surface area (Å²) in [7, 11) is 0. The molecule has 1 aromatic carbocycles. The normalized spacial score (nSPS) is 10.4.